The van der Waals surface area contributed by atoms with Crippen LogP contribution in [0.25, 0.3) is 0 Å². The summed E-state index contributed by atoms with van der Waals surface area (Å²) in [4.78, 5) is 0. The van der Waals surface area contributed by atoms with Crippen LogP contribution >= 0.6 is 0 Å². The van der Waals surface area contributed by atoms with Crippen molar-refractivity contribution in [3.8, 4) is 0 Å². The van der Waals surface area contributed by atoms with Gasteiger partial charge in [0.1, 0.15) is 0 Å². The third-order valence-electron chi connectivity index (χ3n) is 10.3. The van der Waals surface area contributed by atoms with E-state index in [1.165, 1.54) is 64.2 Å². The Hall–Kier alpha value is -0.180. The molecular weight excluding hydrogens is 426 g/mol. The zero-order chi connectivity index (χ0) is 24.6. The number of rotatable bonds is 12. The van der Waals surface area contributed by atoms with E-state index < -0.39 is 12.0 Å². The van der Waals surface area contributed by atoms with Gasteiger partial charge in [-0.15, -0.1) is 0 Å². The Morgan fingerprint density at radius 3 is 1.76 bits per heavy atom. The molecule has 0 amide bonds. The minimum atomic E-state index is -2.94. The average molecular weight is 483 g/mol. The number of hydrogen-bond donors (Lipinski definition) is 0. The van der Waals surface area contributed by atoms with Gasteiger partial charge >= 0.3 is 6.11 Å². The molecule has 200 valence electrons. The van der Waals surface area contributed by atoms with Gasteiger partial charge in [0.05, 0.1) is 12.0 Å². The lowest BCUT2D eigenvalue weighted by molar-refractivity contribution is -0.304. The molecule has 3 heteroatoms. The Morgan fingerprint density at radius 1 is 0.647 bits per heavy atom. The highest BCUT2D eigenvalue weighted by Gasteiger charge is 2.47. The zero-order valence-electron chi connectivity index (χ0n) is 23.0. The van der Waals surface area contributed by atoms with Crippen molar-refractivity contribution >= 4 is 0 Å². The molecule has 0 aromatic rings. The van der Waals surface area contributed by atoms with E-state index in [2.05, 4.69) is 27.7 Å². The van der Waals surface area contributed by atoms with Crippen LogP contribution in [0.3, 0.4) is 0 Å². The first-order valence-corrected chi connectivity index (χ1v) is 15.5. The summed E-state index contributed by atoms with van der Waals surface area (Å²) >= 11 is 0. The van der Waals surface area contributed by atoms with E-state index in [1.807, 2.05) is 0 Å². The van der Waals surface area contributed by atoms with Gasteiger partial charge in [0.2, 0.25) is 0 Å². The van der Waals surface area contributed by atoms with Crippen molar-refractivity contribution in [1.29, 1.82) is 0 Å². The van der Waals surface area contributed by atoms with Gasteiger partial charge in [-0.25, -0.2) is 0 Å². The molecule has 0 aliphatic heterocycles. The fourth-order valence-electron chi connectivity index (χ4n) is 8.16. The maximum Gasteiger partial charge on any atom is 0.358 e. The van der Waals surface area contributed by atoms with Crippen LogP contribution in [0, 0.1) is 41.4 Å². The van der Waals surface area contributed by atoms with Crippen LogP contribution in [0.4, 0.5) is 8.78 Å². The van der Waals surface area contributed by atoms with Crippen molar-refractivity contribution in [1.82, 2.24) is 0 Å². The van der Waals surface area contributed by atoms with Crippen molar-refractivity contribution in [2.45, 2.75) is 155 Å². The fourth-order valence-corrected chi connectivity index (χ4v) is 8.16. The lowest BCUT2D eigenvalue weighted by Gasteiger charge is -2.47. The molecule has 0 spiro atoms. The maximum absolute atomic E-state index is 15.2. The molecule has 3 aliphatic carbocycles. The van der Waals surface area contributed by atoms with Gasteiger partial charge in [0.25, 0.3) is 0 Å². The van der Waals surface area contributed by atoms with Gasteiger partial charge in [-0.3, -0.25) is 0 Å². The molecule has 0 saturated heterocycles. The first-order valence-electron chi connectivity index (χ1n) is 15.5. The molecule has 0 aromatic heterocycles. The normalized spacial score (nSPS) is 37.6. The standard InChI is InChI=1S/C31H56F2O/c1-5-9-11-23-13-16-27(17-14-23)31(32,33)34-28-18-20-30(26(8-4)22-28)29-19-15-24(12-10-6-2)21-25(29)7-3/h23-30H,5-22H2,1-4H3. The van der Waals surface area contributed by atoms with E-state index in [1.54, 1.807) is 0 Å². The highest BCUT2D eigenvalue weighted by Crippen LogP contribution is 2.50. The van der Waals surface area contributed by atoms with Crippen molar-refractivity contribution in [3.05, 3.63) is 0 Å². The number of halogens is 2. The zero-order valence-corrected chi connectivity index (χ0v) is 23.0. The summed E-state index contributed by atoms with van der Waals surface area (Å²) in [5, 5.41) is 0. The molecule has 0 radical (unpaired) electrons. The van der Waals surface area contributed by atoms with Crippen LogP contribution in [-0.2, 0) is 4.74 Å². The van der Waals surface area contributed by atoms with Gasteiger partial charge in [0, 0.05) is 0 Å². The molecule has 3 rings (SSSR count). The molecule has 6 atom stereocenters. The Morgan fingerprint density at radius 2 is 1.18 bits per heavy atom. The van der Waals surface area contributed by atoms with E-state index in [0.29, 0.717) is 24.7 Å². The van der Waals surface area contributed by atoms with Gasteiger partial charge in [0.15, 0.2) is 0 Å². The average Bonchev–Trinajstić information content (AvgIpc) is 2.86. The number of unbranched alkanes of at least 4 members (excludes halogenated alkanes) is 2. The molecule has 1 nitrogen and oxygen atoms in total. The molecule has 3 aliphatic rings. The van der Waals surface area contributed by atoms with Crippen LogP contribution in [-0.4, -0.2) is 12.2 Å². The van der Waals surface area contributed by atoms with Gasteiger partial charge in [-0.2, -0.15) is 8.78 Å². The second kappa shape index (κ2) is 13.9. The SMILES string of the molecule is CCCCC1CCC(C(F)(F)OC2CCC(C3CCC(CCCC)CC3CC)C(CC)C2)CC1. The Balaban J connectivity index is 1.51. The summed E-state index contributed by atoms with van der Waals surface area (Å²) in [7, 11) is 0. The van der Waals surface area contributed by atoms with Crippen molar-refractivity contribution < 1.29 is 13.5 Å². The van der Waals surface area contributed by atoms with E-state index in [9.17, 15) is 0 Å². The van der Waals surface area contributed by atoms with Gasteiger partial charge < -0.3 is 4.74 Å². The van der Waals surface area contributed by atoms with E-state index in [4.69, 9.17) is 4.74 Å². The predicted octanol–water partition coefficient (Wildman–Crippen LogP) is 10.4. The van der Waals surface area contributed by atoms with Crippen LogP contribution in [0.15, 0.2) is 0 Å². The molecule has 0 bridgehead atoms. The predicted molar refractivity (Wildman–Crippen MR) is 140 cm³/mol. The maximum atomic E-state index is 15.2. The van der Waals surface area contributed by atoms with E-state index in [-0.39, 0.29) is 6.10 Å². The highest BCUT2D eigenvalue weighted by molar-refractivity contribution is 4.91. The van der Waals surface area contributed by atoms with E-state index >= 15 is 8.78 Å². The summed E-state index contributed by atoms with van der Waals surface area (Å²) in [6.07, 6.45) is 17.2. The van der Waals surface area contributed by atoms with Crippen molar-refractivity contribution in [3.63, 3.8) is 0 Å². The Labute approximate surface area is 210 Å². The minimum Gasteiger partial charge on any atom is -0.317 e. The molecule has 6 unspecified atom stereocenters. The summed E-state index contributed by atoms with van der Waals surface area (Å²) < 4.78 is 36.1. The largest absolute Gasteiger partial charge is 0.358 e. The molecule has 3 fully saturated rings. The van der Waals surface area contributed by atoms with Crippen LogP contribution in [0.5, 0.6) is 0 Å². The van der Waals surface area contributed by atoms with Crippen LogP contribution < -0.4 is 0 Å². The lowest BCUT2D eigenvalue weighted by Crippen LogP contribution is -2.43. The summed E-state index contributed by atoms with van der Waals surface area (Å²) in [5.74, 6) is 3.97. The second-order valence-corrected chi connectivity index (χ2v) is 12.5. The Bertz CT molecular complexity index is 556. The number of ether oxygens (including phenoxy) is 1. The van der Waals surface area contributed by atoms with Gasteiger partial charge in [-0.05, 0) is 93.3 Å². The summed E-state index contributed by atoms with van der Waals surface area (Å²) in [6, 6.07) is 0. The molecule has 3 saturated carbocycles. The monoisotopic (exact) mass is 482 g/mol. The highest BCUT2D eigenvalue weighted by atomic mass is 19.3. The number of alkyl halides is 2. The first kappa shape index (κ1) is 28.4. The minimum absolute atomic E-state index is 0.241. The van der Waals surface area contributed by atoms with Crippen LogP contribution in [0.1, 0.15) is 143 Å². The van der Waals surface area contributed by atoms with Crippen molar-refractivity contribution in [2.24, 2.45) is 41.4 Å². The first-order chi connectivity index (χ1) is 16.4. The quantitative estimate of drug-likeness (QED) is 0.269. The smallest absolute Gasteiger partial charge is 0.317 e. The Kier molecular flexibility index (Phi) is 11.6. The number of hydrogen-bond acceptors (Lipinski definition) is 1. The third-order valence-corrected chi connectivity index (χ3v) is 10.3. The van der Waals surface area contributed by atoms with Crippen LogP contribution in [0.2, 0.25) is 0 Å². The fraction of sp³-hybridized carbons (Fsp3) is 1.00. The molecule has 0 heterocycles. The molecule has 0 N–H and O–H groups in total. The summed E-state index contributed by atoms with van der Waals surface area (Å²) in [6.45, 7) is 9.18. The summed E-state index contributed by atoms with van der Waals surface area (Å²) in [5.41, 5.74) is 0. The molecule has 34 heavy (non-hydrogen) atoms. The second-order valence-electron chi connectivity index (χ2n) is 12.5. The van der Waals surface area contributed by atoms with Crippen molar-refractivity contribution in [2.75, 3.05) is 0 Å². The van der Waals surface area contributed by atoms with E-state index in [0.717, 1.165) is 62.2 Å². The molecule has 0 aromatic carbocycles. The molecular formula is C31H56F2O. The van der Waals surface area contributed by atoms with Gasteiger partial charge in [-0.1, -0.05) is 85.5 Å². The topological polar surface area (TPSA) is 9.23 Å². The third kappa shape index (κ3) is 7.66. The lowest BCUT2D eigenvalue weighted by atomic mass is 9.60.